The highest BCUT2D eigenvalue weighted by molar-refractivity contribution is 5.78. The number of nitrogens with one attached hydrogen (secondary N) is 1. The molecule has 102 valence electrons. The van der Waals surface area contributed by atoms with Gasteiger partial charge in [-0.15, -0.1) is 0 Å². The van der Waals surface area contributed by atoms with E-state index in [1.54, 1.807) is 14.0 Å². The van der Waals surface area contributed by atoms with Crippen LogP contribution in [0, 0.1) is 0 Å². The van der Waals surface area contributed by atoms with E-state index in [0.29, 0.717) is 19.6 Å². The molecule has 0 radical (unpaired) electrons. The second-order valence-electron chi connectivity index (χ2n) is 4.69. The van der Waals surface area contributed by atoms with Crippen molar-refractivity contribution in [3.05, 3.63) is 0 Å². The van der Waals surface area contributed by atoms with Crippen LogP contribution in [-0.4, -0.2) is 49.1 Å². The fraction of sp³-hybridized carbons (Fsp3) is 0.917. The Kier molecular flexibility index (Phi) is 7.34. The molecule has 17 heavy (non-hydrogen) atoms. The van der Waals surface area contributed by atoms with E-state index < -0.39 is 11.5 Å². The molecule has 0 spiro atoms. The van der Waals surface area contributed by atoms with E-state index in [1.165, 1.54) is 0 Å². The van der Waals surface area contributed by atoms with E-state index in [0.717, 1.165) is 0 Å². The summed E-state index contributed by atoms with van der Waals surface area (Å²) < 4.78 is 10.9. The first-order valence-corrected chi connectivity index (χ1v) is 5.97. The zero-order chi connectivity index (χ0) is 13.5. The molecule has 0 fully saturated rings. The Morgan fingerprint density at radius 1 is 1.29 bits per heavy atom. The number of hydrogen-bond donors (Lipinski definition) is 2. The number of ether oxygens (including phenoxy) is 2. The van der Waals surface area contributed by atoms with Crippen molar-refractivity contribution in [1.82, 2.24) is 5.32 Å². The summed E-state index contributed by atoms with van der Waals surface area (Å²) in [5.74, 6) is -0.867. The largest absolute Gasteiger partial charge is 0.480 e. The molecule has 0 aliphatic rings. The Hall–Kier alpha value is -0.650. The van der Waals surface area contributed by atoms with Crippen molar-refractivity contribution >= 4 is 5.97 Å². The van der Waals surface area contributed by atoms with E-state index in [-0.39, 0.29) is 12.2 Å². The Morgan fingerprint density at radius 3 is 2.24 bits per heavy atom. The number of rotatable bonds is 9. The van der Waals surface area contributed by atoms with Gasteiger partial charge in [0.1, 0.15) is 5.54 Å². The molecule has 5 heteroatoms. The molecule has 2 unspecified atom stereocenters. The van der Waals surface area contributed by atoms with Crippen LogP contribution in [-0.2, 0) is 14.3 Å². The summed E-state index contributed by atoms with van der Waals surface area (Å²) in [6.45, 7) is 8.47. The number of carbonyl (C=O) groups is 1. The normalized spacial score (nSPS) is 16.8. The van der Waals surface area contributed by atoms with Crippen LogP contribution in [0.15, 0.2) is 0 Å². The van der Waals surface area contributed by atoms with Crippen molar-refractivity contribution < 1.29 is 19.4 Å². The minimum atomic E-state index is -0.946. The Morgan fingerprint density at radius 2 is 1.82 bits per heavy atom. The van der Waals surface area contributed by atoms with Crippen LogP contribution in [0.25, 0.3) is 0 Å². The van der Waals surface area contributed by atoms with Gasteiger partial charge < -0.3 is 19.9 Å². The van der Waals surface area contributed by atoms with Crippen molar-refractivity contribution in [3.63, 3.8) is 0 Å². The highest BCUT2D eigenvalue weighted by atomic mass is 16.5. The van der Waals surface area contributed by atoms with Crippen molar-refractivity contribution in [3.8, 4) is 0 Å². The molecule has 0 rings (SSSR count). The van der Waals surface area contributed by atoms with Gasteiger partial charge in [-0.3, -0.25) is 4.79 Å². The number of likely N-dealkylation sites (N-methyl/N-ethyl adjacent to an activating group) is 1. The van der Waals surface area contributed by atoms with Crippen molar-refractivity contribution in [2.24, 2.45) is 0 Å². The highest BCUT2D eigenvalue weighted by Crippen LogP contribution is 2.14. The maximum Gasteiger partial charge on any atom is 0.323 e. The van der Waals surface area contributed by atoms with Crippen LogP contribution in [0.1, 0.15) is 34.1 Å². The standard InChI is InChI=1S/C12H25NO4/c1-9(2)16-6-7-17-10(3)8-12(4,13-5)11(14)15/h9-10,13H,6-8H2,1-5H3,(H,14,15). The summed E-state index contributed by atoms with van der Waals surface area (Å²) in [5, 5.41) is 11.9. The smallest absolute Gasteiger partial charge is 0.323 e. The number of carboxylic acid groups (broad SMARTS) is 1. The summed E-state index contributed by atoms with van der Waals surface area (Å²) in [4.78, 5) is 11.1. The summed E-state index contributed by atoms with van der Waals surface area (Å²) in [6, 6.07) is 0. The Labute approximate surface area is 103 Å². The molecule has 0 saturated heterocycles. The molecule has 2 N–H and O–H groups in total. The quantitative estimate of drug-likeness (QED) is 0.601. The van der Waals surface area contributed by atoms with Gasteiger partial charge in [-0.1, -0.05) is 0 Å². The third kappa shape index (κ3) is 6.61. The molecule has 0 bridgehead atoms. The lowest BCUT2D eigenvalue weighted by molar-refractivity contribution is -0.145. The van der Waals surface area contributed by atoms with Gasteiger partial charge >= 0.3 is 5.97 Å². The fourth-order valence-corrected chi connectivity index (χ4v) is 1.46. The molecular weight excluding hydrogens is 222 g/mol. The van der Waals surface area contributed by atoms with Crippen LogP contribution in [0.4, 0.5) is 0 Å². The number of aliphatic carboxylic acids is 1. The molecule has 0 aromatic heterocycles. The second-order valence-corrected chi connectivity index (χ2v) is 4.69. The molecule has 0 aromatic carbocycles. The van der Waals surface area contributed by atoms with Crippen molar-refractivity contribution in [2.45, 2.75) is 51.9 Å². The van der Waals surface area contributed by atoms with E-state index >= 15 is 0 Å². The van der Waals surface area contributed by atoms with Crippen molar-refractivity contribution in [1.29, 1.82) is 0 Å². The first-order chi connectivity index (χ1) is 7.81. The van der Waals surface area contributed by atoms with Crippen molar-refractivity contribution in [2.75, 3.05) is 20.3 Å². The summed E-state index contributed by atoms with van der Waals surface area (Å²) in [6.07, 6.45) is 0.482. The molecule has 0 amide bonds. The van der Waals surface area contributed by atoms with E-state index in [1.807, 2.05) is 20.8 Å². The van der Waals surface area contributed by atoms with Crippen LogP contribution < -0.4 is 5.32 Å². The van der Waals surface area contributed by atoms with Gasteiger partial charge in [0.05, 0.1) is 25.4 Å². The predicted octanol–water partition coefficient (Wildman–Crippen LogP) is 1.27. The van der Waals surface area contributed by atoms with Crippen LogP contribution >= 0.6 is 0 Å². The topological polar surface area (TPSA) is 67.8 Å². The van der Waals surface area contributed by atoms with Gasteiger partial charge in [0.25, 0.3) is 0 Å². The molecule has 0 aromatic rings. The average Bonchev–Trinajstić information content (AvgIpc) is 2.23. The number of hydrogen-bond acceptors (Lipinski definition) is 4. The number of carboxylic acids is 1. The zero-order valence-corrected chi connectivity index (χ0v) is 11.4. The van der Waals surface area contributed by atoms with Crippen LogP contribution in [0.3, 0.4) is 0 Å². The third-order valence-electron chi connectivity index (χ3n) is 2.66. The first-order valence-electron chi connectivity index (χ1n) is 5.97. The molecule has 0 aliphatic carbocycles. The molecule has 0 saturated carbocycles. The maximum atomic E-state index is 11.1. The highest BCUT2D eigenvalue weighted by Gasteiger charge is 2.33. The van der Waals surface area contributed by atoms with Gasteiger partial charge in [-0.05, 0) is 34.7 Å². The molecule has 0 aliphatic heterocycles. The van der Waals surface area contributed by atoms with Gasteiger partial charge in [-0.2, -0.15) is 0 Å². The van der Waals surface area contributed by atoms with Gasteiger partial charge in [0.15, 0.2) is 0 Å². The van der Waals surface area contributed by atoms with Gasteiger partial charge in [-0.25, -0.2) is 0 Å². The minimum absolute atomic E-state index is 0.126. The summed E-state index contributed by atoms with van der Waals surface area (Å²) in [7, 11) is 1.64. The van der Waals surface area contributed by atoms with E-state index in [2.05, 4.69) is 5.32 Å². The summed E-state index contributed by atoms with van der Waals surface area (Å²) >= 11 is 0. The minimum Gasteiger partial charge on any atom is -0.480 e. The maximum absolute atomic E-state index is 11.1. The monoisotopic (exact) mass is 247 g/mol. The molecular formula is C12H25NO4. The molecule has 5 nitrogen and oxygen atoms in total. The lowest BCUT2D eigenvalue weighted by Crippen LogP contribution is -2.49. The van der Waals surface area contributed by atoms with E-state index in [4.69, 9.17) is 14.6 Å². The predicted molar refractivity (Wildman–Crippen MR) is 66.2 cm³/mol. The SMILES string of the molecule is CNC(C)(CC(C)OCCOC(C)C)C(=O)O. The fourth-order valence-electron chi connectivity index (χ4n) is 1.46. The van der Waals surface area contributed by atoms with Crippen LogP contribution in [0.2, 0.25) is 0 Å². The van der Waals surface area contributed by atoms with Gasteiger partial charge in [0, 0.05) is 6.42 Å². The lowest BCUT2D eigenvalue weighted by Gasteiger charge is -2.27. The molecule has 2 atom stereocenters. The second kappa shape index (κ2) is 7.63. The van der Waals surface area contributed by atoms with E-state index in [9.17, 15) is 4.79 Å². The Bertz CT molecular complexity index is 233. The molecule has 0 heterocycles. The first kappa shape index (κ1) is 16.4. The lowest BCUT2D eigenvalue weighted by atomic mass is 9.95. The average molecular weight is 247 g/mol. The summed E-state index contributed by atoms with van der Waals surface area (Å²) in [5.41, 5.74) is -0.946. The zero-order valence-electron chi connectivity index (χ0n) is 11.4. The van der Waals surface area contributed by atoms with Gasteiger partial charge in [0.2, 0.25) is 0 Å². The Balaban J connectivity index is 3.92. The third-order valence-corrected chi connectivity index (χ3v) is 2.66. The van der Waals surface area contributed by atoms with Crippen LogP contribution in [0.5, 0.6) is 0 Å².